The first kappa shape index (κ1) is 18.9. The van der Waals surface area contributed by atoms with Crippen molar-refractivity contribution >= 4 is 21.8 Å². The van der Waals surface area contributed by atoms with Gasteiger partial charge in [0, 0.05) is 29.7 Å². The summed E-state index contributed by atoms with van der Waals surface area (Å²) < 4.78 is 11.8. The number of hydrogen-bond donors (Lipinski definition) is 1. The smallest absolute Gasteiger partial charge is 0.251 e. The lowest BCUT2D eigenvalue weighted by Gasteiger charge is -2.35. The predicted octanol–water partition coefficient (Wildman–Crippen LogP) is 3.26. The lowest BCUT2D eigenvalue weighted by molar-refractivity contribution is 0.0162. The van der Waals surface area contributed by atoms with Gasteiger partial charge in [0.2, 0.25) is 0 Å². The van der Waals surface area contributed by atoms with Crippen molar-refractivity contribution in [1.29, 1.82) is 0 Å². The largest absolute Gasteiger partial charge is 0.497 e. The first-order valence-electron chi connectivity index (χ1n) is 8.67. The molecule has 0 unspecified atom stereocenters. The number of hydrogen-bond acceptors (Lipinski definition) is 4. The van der Waals surface area contributed by atoms with Crippen LogP contribution in [0.1, 0.15) is 22.0 Å². The molecule has 1 saturated heterocycles. The highest BCUT2D eigenvalue weighted by Gasteiger charge is 2.23. The molecule has 2 aromatic rings. The van der Waals surface area contributed by atoms with Crippen LogP contribution in [0.3, 0.4) is 0 Å². The van der Waals surface area contributed by atoms with Gasteiger partial charge in [0.25, 0.3) is 5.91 Å². The fourth-order valence-corrected chi connectivity index (χ4v) is 3.35. The van der Waals surface area contributed by atoms with Crippen LogP contribution in [0.15, 0.2) is 53.0 Å². The lowest BCUT2D eigenvalue weighted by Crippen LogP contribution is -2.43. The van der Waals surface area contributed by atoms with Crippen molar-refractivity contribution in [3.63, 3.8) is 0 Å². The third kappa shape index (κ3) is 4.84. The van der Waals surface area contributed by atoms with Crippen LogP contribution in [0.25, 0.3) is 0 Å². The van der Waals surface area contributed by atoms with E-state index in [4.69, 9.17) is 9.47 Å². The average molecular weight is 419 g/mol. The zero-order valence-electron chi connectivity index (χ0n) is 14.8. The molecule has 5 nitrogen and oxygen atoms in total. The Morgan fingerprint density at radius 2 is 1.96 bits per heavy atom. The minimum atomic E-state index is -0.0707. The summed E-state index contributed by atoms with van der Waals surface area (Å²) in [6.07, 6.45) is 0. The van der Waals surface area contributed by atoms with Crippen LogP contribution in [-0.4, -0.2) is 50.8 Å². The summed E-state index contributed by atoms with van der Waals surface area (Å²) in [6.45, 7) is 3.64. The molecule has 0 saturated carbocycles. The standard InChI is InChI=1S/C20H23BrN2O3/c1-25-18-4-2-3-16(13-18)19(23-9-11-26-12-10-23)14-22-20(24)15-5-7-17(21)8-6-15/h2-8,13,19H,9-12,14H2,1H3,(H,22,24)/t19-/m1/s1. The van der Waals surface area contributed by atoms with Gasteiger partial charge in [-0.05, 0) is 42.0 Å². The summed E-state index contributed by atoms with van der Waals surface area (Å²) in [5.74, 6) is 0.749. The van der Waals surface area contributed by atoms with Gasteiger partial charge in [-0.3, -0.25) is 9.69 Å². The third-order valence-corrected chi connectivity index (χ3v) is 5.06. The number of nitrogens with zero attached hydrogens (tertiary/aromatic N) is 1. The summed E-state index contributed by atoms with van der Waals surface area (Å²) in [5.41, 5.74) is 1.78. The van der Waals surface area contributed by atoms with Gasteiger partial charge in [0.1, 0.15) is 5.75 Å². The van der Waals surface area contributed by atoms with E-state index in [1.165, 1.54) is 0 Å². The van der Waals surface area contributed by atoms with E-state index in [9.17, 15) is 4.79 Å². The van der Waals surface area contributed by atoms with Gasteiger partial charge in [-0.15, -0.1) is 0 Å². The molecule has 1 fully saturated rings. The topological polar surface area (TPSA) is 50.8 Å². The zero-order valence-corrected chi connectivity index (χ0v) is 16.4. The molecule has 2 aromatic carbocycles. The van der Waals surface area contributed by atoms with E-state index in [1.54, 1.807) is 7.11 Å². The highest BCUT2D eigenvalue weighted by molar-refractivity contribution is 9.10. The van der Waals surface area contributed by atoms with Gasteiger partial charge in [-0.1, -0.05) is 28.1 Å². The van der Waals surface area contributed by atoms with Crippen molar-refractivity contribution in [2.75, 3.05) is 40.0 Å². The summed E-state index contributed by atoms with van der Waals surface area (Å²) >= 11 is 3.39. The Balaban J connectivity index is 1.74. The molecule has 0 aliphatic carbocycles. The molecule has 1 heterocycles. The number of amides is 1. The second-order valence-electron chi connectivity index (χ2n) is 6.16. The van der Waals surface area contributed by atoms with Crippen LogP contribution >= 0.6 is 15.9 Å². The lowest BCUT2D eigenvalue weighted by atomic mass is 10.0. The molecule has 1 N–H and O–H groups in total. The normalized spacial score (nSPS) is 16.1. The van der Waals surface area contributed by atoms with Gasteiger partial charge < -0.3 is 14.8 Å². The molecule has 3 rings (SSSR count). The maximum atomic E-state index is 12.5. The first-order valence-corrected chi connectivity index (χ1v) is 9.46. The van der Waals surface area contributed by atoms with Crippen LogP contribution in [0.2, 0.25) is 0 Å². The number of halogens is 1. The van der Waals surface area contributed by atoms with E-state index in [-0.39, 0.29) is 11.9 Å². The van der Waals surface area contributed by atoms with E-state index in [1.807, 2.05) is 42.5 Å². The summed E-state index contributed by atoms with van der Waals surface area (Å²) in [5, 5.41) is 3.07. The number of ether oxygens (including phenoxy) is 2. The van der Waals surface area contributed by atoms with E-state index >= 15 is 0 Å². The number of carbonyl (C=O) groups is 1. The zero-order chi connectivity index (χ0) is 18.4. The first-order chi connectivity index (χ1) is 12.7. The molecule has 1 amide bonds. The molecule has 0 bridgehead atoms. The number of morpholine rings is 1. The quantitative estimate of drug-likeness (QED) is 0.781. The van der Waals surface area contributed by atoms with Crippen molar-refractivity contribution in [1.82, 2.24) is 10.2 Å². The Kier molecular flexibility index (Phi) is 6.66. The van der Waals surface area contributed by atoms with Crippen LogP contribution < -0.4 is 10.1 Å². The van der Waals surface area contributed by atoms with Crippen LogP contribution in [0.4, 0.5) is 0 Å². The van der Waals surface area contributed by atoms with Crippen LogP contribution in [0.5, 0.6) is 5.75 Å². The highest BCUT2D eigenvalue weighted by Crippen LogP contribution is 2.25. The van der Waals surface area contributed by atoms with Crippen molar-refractivity contribution in [3.8, 4) is 5.75 Å². The SMILES string of the molecule is COc1cccc([C@@H](CNC(=O)c2ccc(Br)cc2)N2CCOCC2)c1. The van der Waals surface area contributed by atoms with Gasteiger partial charge in [0.15, 0.2) is 0 Å². The second kappa shape index (κ2) is 9.16. The molecular formula is C20H23BrN2O3. The molecule has 0 aromatic heterocycles. The Morgan fingerprint density at radius 3 is 2.65 bits per heavy atom. The summed E-state index contributed by atoms with van der Waals surface area (Å²) in [6, 6.07) is 15.5. The minimum absolute atomic E-state index is 0.0707. The Hall–Kier alpha value is -1.89. The molecule has 26 heavy (non-hydrogen) atoms. The summed E-state index contributed by atoms with van der Waals surface area (Å²) in [7, 11) is 1.66. The number of rotatable bonds is 6. The van der Waals surface area contributed by atoms with Gasteiger partial charge >= 0.3 is 0 Å². The van der Waals surface area contributed by atoms with Gasteiger partial charge in [-0.25, -0.2) is 0 Å². The Labute approximate surface area is 162 Å². The predicted molar refractivity (Wildman–Crippen MR) is 105 cm³/mol. The minimum Gasteiger partial charge on any atom is -0.497 e. The van der Waals surface area contributed by atoms with Crippen LogP contribution in [0, 0.1) is 0 Å². The fourth-order valence-electron chi connectivity index (χ4n) is 3.09. The number of benzene rings is 2. The molecule has 1 aliphatic heterocycles. The molecule has 0 radical (unpaired) electrons. The Morgan fingerprint density at radius 1 is 1.23 bits per heavy atom. The number of nitrogens with one attached hydrogen (secondary N) is 1. The third-order valence-electron chi connectivity index (χ3n) is 4.53. The molecule has 138 valence electrons. The van der Waals surface area contributed by atoms with E-state index in [0.29, 0.717) is 25.3 Å². The van der Waals surface area contributed by atoms with E-state index in [0.717, 1.165) is 28.9 Å². The highest BCUT2D eigenvalue weighted by atomic mass is 79.9. The molecule has 1 atom stereocenters. The molecule has 1 aliphatic rings. The van der Waals surface area contributed by atoms with Crippen molar-refractivity contribution in [2.45, 2.75) is 6.04 Å². The molecular weight excluding hydrogens is 396 g/mol. The maximum absolute atomic E-state index is 12.5. The van der Waals surface area contributed by atoms with Crippen molar-refractivity contribution in [3.05, 3.63) is 64.1 Å². The monoisotopic (exact) mass is 418 g/mol. The molecule has 6 heteroatoms. The molecule has 0 spiro atoms. The van der Waals surface area contributed by atoms with E-state index in [2.05, 4.69) is 32.2 Å². The second-order valence-corrected chi connectivity index (χ2v) is 7.07. The average Bonchev–Trinajstić information content (AvgIpc) is 2.69. The summed E-state index contributed by atoms with van der Waals surface area (Å²) in [4.78, 5) is 14.9. The van der Waals surface area contributed by atoms with Gasteiger partial charge in [-0.2, -0.15) is 0 Å². The fraction of sp³-hybridized carbons (Fsp3) is 0.350. The van der Waals surface area contributed by atoms with Crippen LogP contribution in [-0.2, 0) is 4.74 Å². The van der Waals surface area contributed by atoms with Crippen molar-refractivity contribution < 1.29 is 14.3 Å². The maximum Gasteiger partial charge on any atom is 0.251 e. The van der Waals surface area contributed by atoms with Gasteiger partial charge in [0.05, 0.1) is 26.4 Å². The van der Waals surface area contributed by atoms with Crippen molar-refractivity contribution in [2.24, 2.45) is 0 Å². The Bertz CT molecular complexity index is 730. The van der Waals surface area contributed by atoms with E-state index < -0.39 is 0 Å². The number of methoxy groups -OCH3 is 1. The number of carbonyl (C=O) groups excluding carboxylic acids is 1.